The lowest BCUT2D eigenvalue weighted by molar-refractivity contribution is -0.139. The molecule has 0 spiro atoms. The minimum Gasteiger partial charge on any atom is -0.334 e. The van der Waals surface area contributed by atoms with E-state index in [1.807, 2.05) is 6.92 Å². The molecule has 0 aromatic carbocycles. The number of hydrogen-bond acceptors (Lipinski definition) is 2. The average Bonchev–Trinajstić information content (AvgIpc) is 2.47. The van der Waals surface area contributed by atoms with Gasteiger partial charge in [0.25, 0.3) is 0 Å². The van der Waals surface area contributed by atoms with Gasteiger partial charge in [-0.05, 0) is 6.92 Å². The van der Waals surface area contributed by atoms with Crippen LogP contribution in [0.25, 0.3) is 0 Å². The Morgan fingerprint density at radius 3 is 2.71 bits per heavy atom. The molecular formula is C8H12F3N3. The monoisotopic (exact) mass is 207 g/mol. The topological polar surface area (TPSA) is 43.8 Å². The number of hydrogen-bond donors (Lipinski definition) is 1. The second kappa shape index (κ2) is 4.00. The molecule has 0 fully saturated rings. The maximum Gasteiger partial charge on any atom is 0.391 e. The van der Waals surface area contributed by atoms with Crippen LogP contribution in [-0.4, -0.2) is 15.7 Å². The van der Waals surface area contributed by atoms with Crippen LogP contribution < -0.4 is 5.73 Å². The van der Waals surface area contributed by atoms with Gasteiger partial charge in [0.2, 0.25) is 0 Å². The molecule has 1 atom stereocenters. The quantitative estimate of drug-likeness (QED) is 0.822. The van der Waals surface area contributed by atoms with E-state index in [0.29, 0.717) is 6.54 Å². The summed E-state index contributed by atoms with van der Waals surface area (Å²) >= 11 is 0. The number of alkyl halides is 3. The predicted molar refractivity (Wildman–Crippen MR) is 45.5 cm³/mol. The Labute approximate surface area is 79.7 Å². The molecule has 0 aliphatic heterocycles. The molecule has 1 aromatic rings. The van der Waals surface area contributed by atoms with E-state index in [0.717, 1.165) is 0 Å². The zero-order valence-electron chi connectivity index (χ0n) is 7.75. The van der Waals surface area contributed by atoms with Crippen molar-refractivity contribution in [2.45, 2.75) is 32.1 Å². The van der Waals surface area contributed by atoms with Crippen molar-refractivity contribution in [1.82, 2.24) is 9.55 Å². The van der Waals surface area contributed by atoms with Gasteiger partial charge in [-0.3, -0.25) is 0 Å². The maximum atomic E-state index is 12.0. The summed E-state index contributed by atoms with van der Waals surface area (Å²) in [5, 5.41) is 0. The zero-order chi connectivity index (χ0) is 10.8. The van der Waals surface area contributed by atoms with Crippen LogP contribution in [0, 0.1) is 0 Å². The van der Waals surface area contributed by atoms with Crippen molar-refractivity contribution in [3.8, 4) is 0 Å². The normalized spacial score (nSPS) is 14.4. The number of halogens is 3. The Kier molecular flexibility index (Phi) is 3.15. The van der Waals surface area contributed by atoms with Crippen molar-refractivity contribution in [2.75, 3.05) is 0 Å². The minimum absolute atomic E-state index is 0.282. The lowest BCUT2D eigenvalue weighted by Gasteiger charge is -2.14. The molecule has 14 heavy (non-hydrogen) atoms. The first kappa shape index (κ1) is 11.0. The first-order chi connectivity index (χ1) is 6.44. The van der Waals surface area contributed by atoms with Gasteiger partial charge in [0, 0.05) is 18.9 Å². The molecule has 0 radical (unpaired) electrons. The van der Waals surface area contributed by atoms with Gasteiger partial charge in [0.15, 0.2) is 0 Å². The molecule has 6 heteroatoms. The molecule has 2 N–H and O–H groups in total. The third-order valence-corrected chi connectivity index (χ3v) is 1.87. The molecule has 0 aliphatic carbocycles. The van der Waals surface area contributed by atoms with Gasteiger partial charge >= 0.3 is 6.18 Å². The molecule has 0 bridgehead atoms. The number of nitrogens with zero attached hydrogens (tertiary/aromatic N) is 2. The van der Waals surface area contributed by atoms with Crippen molar-refractivity contribution in [3.05, 3.63) is 18.2 Å². The van der Waals surface area contributed by atoms with E-state index in [4.69, 9.17) is 5.73 Å². The summed E-state index contributed by atoms with van der Waals surface area (Å²) in [4.78, 5) is 3.81. The molecule has 0 amide bonds. The van der Waals surface area contributed by atoms with Gasteiger partial charge in [-0.2, -0.15) is 13.2 Å². The third kappa shape index (κ3) is 2.73. The second-order valence-corrected chi connectivity index (χ2v) is 3.00. The van der Waals surface area contributed by atoms with Crippen molar-refractivity contribution in [2.24, 2.45) is 5.73 Å². The molecule has 1 rings (SSSR count). The van der Waals surface area contributed by atoms with Crippen LogP contribution in [0.5, 0.6) is 0 Å². The minimum atomic E-state index is -4.25. The largest absolute Gasteiger partial charge is 0.391 e. The van der Waals surface area contributed by atoms with Crippen molar-refractivity contribution in [3.63, 3.8) is 0 Å². The first-order valence-electron chi connectivity index (χ1n) is 4.27. The fourth-order valence-corrected chi connectivity index (χ4v) is 1.26. The van der Waals surface area contributed by atoms with Crippen LogP contribution in [0.3, 0.4) is 0 Å². The van der Waals surface area contributed by atoms with E-state index in [1.165, 1.54) is 6.20 Å². The van der Waals surface area contributed by atoms with Crippen molar-refractivity contribution < 1.29 is 13.2 Å². The molecular weight excluding hydrogens is 195 g/mol. The predicted octanol–water partition coefficient (Wildman–Crippen LogP) is 1.86. The van der Waals surface area contributed by atoms with E-state index >= 15 is 0 Å². The van der Waals surface area contributed by atoms with Crippen LogP contribution in [-0.2, 0) is 6.54 Å². The first-order valence-corrected chi connectivity index (χ1v) is 4.27. The smallest absolute Gasteiger partial charge is 0.334 e. The van der Waals surface area contributed by atoms with Gasteiger partial charge in [-0.25, -0.2) is 4.98 Å². The molecule has 3 nitrogen and oxygen atoms in total. The lowest BCUT2D eigenvalue weighted by Crippen LogP contribution is -2.23. The average molecular weight is 207 g/mol. The Bertz CT molecular complexity index is 292. The highest BCUT2D eigenvalue weighted by Gasteiger charge is 2.32. The van der Waals surface area contributed by atoms with Crippen LogP contribution in [0.2, 0.25) is 0 Å². The summed E-state index contributed by atoms with van der Waals surface area (Å²) in [7, 11) is 0. The van der Waals surface area contributed by atoms with Crippen molar-refractivity contribution >= 4 is 0 Å². The van der Waals surface area contributed by atoms with Crippen molar-refractivity contribution in [1.29, 1.82) is 0 Å². The van der Waals surface area contributed by atoms with E-state index in [2.05, 4.69) is 4.98 Å². The van der Waals surface area contributed by atoms with Gasteiger partial charge in [-0.15, -0.1) is 0 Å². The summed E-state index contributed by atoms with van der Waals surface area (Å²) in [6.45, 7) is 2.40. The van der Waals surface area contributed by atoms with Gasteiger partial charge < -0.3 is 10.3 Å². The Hall–Kier alpha value is -1.04. The van der Waals surface area contributed by atoms with Crippen LogP contribution >= 0.6 is 0 Å². The van der Waals surface area contributed by atoms with E-state index < -0.39 is 18.6 Å². The molecule has 0 saturated heterocycles. The second-order valence-electron chi connectivity index (χ2n) is 3.00. The number of imidazole rings is 1. The Balaban J connectivity index is 2.74. The fourth-order valence-electron chi connectivity index (χ4n) is 1.26. The molecule has 1 aromatic heterocycles. The number of rotatable bonds is 3. The number of nitrogens with two attached hydrogens (primary N) is 1. The summed E-state index contributed by atoms with van der Waals surface area (Å²) in [6, 6.07) is -1.08. The summed E-state index contributed by atoms with van der Waals surface area (Å²) in [6.07, 6.45) is -2.21. The van der Waals surface area contributed by atoms with Gasteiger partial charge in [0.1, 0.15) is 5.82 Å². The zero-order valence-corrected chi connectivity index (χ0v) is 7.75. The number of aromatic nitrogens is 2. The summed E-state index contributed by atoms with van der Waals surface area (Å²) in [5.74, 6) is 0.282. The molecule has 1 unspecified atom stereocenters. The molecule has 1 heterocycles. The highest BCUT2D eigenvalue weighted by Crippen LogP contribution is 2.26. The van der Waals surface area contributed by atoms with E-state index in [1.54, 1.807) is 10.8 Å². The Morgan fingerprint density at radius 1 is 1.57 bits per heavy atom. The van der Waals surface area contributed by atoms with E-state index in [-0.39, 0.29) is 5.82 Å². The lowest BCUT2D eigenvalue weighted by atomic mass is 10.2. The highest BCUT2D eigenvalue weighted by atomic mass is 19.4. The number of aryl methyl sites for hydroxylation is 1. The van der Waals surface area contributed by atoms with E-state index in [9.17, 15) is 13.2 Å². The Morgan fingerprint density at radius 2 is 2.21 bits per heavy atom. The molecule has 0 aliphatic rings. The SMILES string of the molecule is CCn1ccnc1C(N)CC(F)(F)F. The third-order valence-electron chi connectivity index (χ3n) is 1.87. The van der Waals surface area contributed by atoms with Crippen LogP contribution in [0.1, 0.15) is 25.2 Å². The fraction of sp³-hybridized carbons (Fsp3) is 0.625. The highest BCUT2D eigenvalue weighted by molar-refractivity contribution is 4.98. The summed E-state index contributed by atoms with van der Waals surface area (Å²) < 4.78 is 37.7. The van der Waals surface area contributed by atoms with Crippen LogP contribution in [0.15, 0.2) is 12.4 Å². The molecule has 80 valence electrons. The molecule has 0 saturated carbocycles. The summed E-state index contributed by atoms with van der Waals surface area (Å²) in [5.41, 5.74) is 5.40. The maximum absolute atomic E-state index is 12.0. The standard InChI is InChI=1S/C8H12F3N3/c1-2-14-4-3-13-7(14)6(12)5-8(9,10)11/h3-4,6H,2,5,12H2,1H3. The van der Waals surface area contributed by atoms with Gasteiger partial charge in [-0.1, -0.05) is 0 Å². The van der Waals surface area contributed by atoms with Gasteiger partial charge in [0.05, 0.1) is 12.5 Å². The van der Waals surface area contributed by atoms with Crippen LogP contribution in [0.4, 0.5) is 13.2 Å².